The van der Waals surface area contributed by atoms with Gasteiger partial charge in [-0.25, -0.2) is 58.0 Å². The van der Waals surface area contributed by atoms with Gasteiger partial charge in [0.1, 0.15) is 61.0 Å². The second-order valence-electron chi connectivity index (χ2n) is 30.1. The summed E-state index contributed by atoms with van der Waals surface area (Å²) in [5, 5.41) is 66.5. The predicted molar refractivity (Wildman–Crippen MR) is 502 cm³/mol. The summed E-state index contributed by atoms with van der Waals surface area (Å²) in [7, 11) is 1.66. The van der Waals surface area contributed by atoms with E-state index in [0.29, 0.717) is 57.6 Å². The third-order valence-corrected chi connectivity index (χ3v) is 18.2. The average molecular weight is 1800 g/mol. The number of alkyl halides is 3. The lowest BCUT2D eigenvalue weighted by Crippen LogP contribution is -2.05. The van der Waals surface area contributed by atoms with E-state index < -0.39 is 11.7 Å². The van der Waals surface area contributed by atoms with Gasteiger partial charge >= 0.3 is 6.18 Å². The van der Waals surface area contributed by atoms with Gasteiger partial charge in [0.15, 0.2) is 34.9 Å². The molecule has 0 unspecified atom stereocenters. The molecule has 10 heterocycles. The molecule has 36 heteroatoms. The Hall–Kier alpha value is -17.9. The maximum atomic E-state index is 12.9. The van der Waals surface area contributed by atoms with Crippen LogP contribution < -0.4 is 14.2 Å². The molecule has 0 radical (unpaired) electrons. The summed E-state index contributed by atoms with van der Waals surface area (Å²) in [5.74, 6) is 7.02. The number of hydrogen-bond acceptors (Lipinski definition) is 27. The van der Waals surface area contributed by atoms with Gasteiger partial charge in [0.2, 0.25) is 36.9 Å². The van der Waals surface area contributed by atoms with Gasteiger partial charge in [-0.05, 0) is 253 Å². The van der Waals surface area contributed by atoms with Crippen LogP contribution in [0.2, 0.25) is 0 Å². The Morgan fingerprint density at radius 3 is 1.04 bits per heavy atom. The van der Waals surface area contributed by atoms with Crippen LogP contribution in [0.25, 0.3) is 142 Å². The molecule has 0 saturated heterocycles. The SMILES string of the molecule is COc1cc(C)cc(-c2ncn(/C=C\c3ccccc3)n2)c1.Cc1cc(-c2ncn(/C=C\c3nnco3)n2)cc(C(F)(F)F)c1.Cc1cc(C#N)cc(-c2ncn(/C=C\c3nnco3)n2)c1.Cc1cc(O)cc(-c2ncn(/C=C\c3nnco3)n2)c1.Cc1cc(OC(C)C)cc(-c2ncn(/C=C\c3ccccc3)n2)c1.Cc1cc(OC(C)C)cc(-c2ncn(/C=C\c3ccccn3)n2)c1. The Labute approximate surface area is 767 Å². The van der Waals surface area contributed by atoms with Crippen molar-refractivity contribution in [3.05, 3.63) is 330 Å². The number of ether oxygens (including phenoxy) is 3. The van der Waals surface area contributed by atoms with Gasteiger partial charge in [0.05, 0.1) is 42.2 Å². The van der Waals surface area contributed by atoms with Gasteiger partial charge in [-0.15, -0.1) is 61.2 Å². The largest absolute Gasteiger partial charge is 0.508 e. The molecule has 0 fully saturated rings. The van der Waals surface area contributed by atoms with Crippen LogP contribution in [0.4, 0.5) is 13.2 Å². The van der Waals surface area contributed by atoms with Crippen LogP contribution in [0.3, 0.4) is 0 Å². The molecule has 0 bridgehead atoms. The van der Waals surface area contributed by atoms with Crippen molar-refractivity contribution in [1.82, 2.24) is 124 Å². The molecular weight excluding hydrogens is 1710 g/mol. The smallest absolute Gasteiger partial charge is 0.416 e. The Morgan fingerprint density at radius 1 is 0.366 bits per heavy atom. The summed E-state index contributed by atoms with van der Waals surface area (Å²) < 4.78 is 79.9. The molecule has 0 atom stereocenters. The van der Waals surface area contributed by atoms with Gasteiger partial charge in [-0.2, -0.15) is 18.4 Å². The van der Waals surface area contributed by atoms with Crippen LogP contribution >= 0.6 is 0 Å². The van der Waals surface area contributed by atoms with Gasteiger partial charge in [-0.1, -0.05) is 66.7 Å². The number of nitrogens with zero attached hydrogens (tertiary/aromatic N) is 26. The van der Waals surface area contributed by atoms with Crippen molar-refractivity contribution < 1.29 is 45.7 Å². The number of rotatable bonds is 23. The fourth-order valence-electron chi connectivity index (χ4n) is 12.5. The van der Waals surface area contributed by atoms with E-state index in [2.05, 4.69) is 114 Å². The number of phenols is 1. The molecule has 8 aromatic carbocycles. The number of phenolic OH excluding ortho intramolecular Hbond substituents is 1. The first-order valence-electron chi connectivity index (χ1n) is 41.4. The molecule has 33 nitrogen and oxygen atoms in total. The molecular formula is C98H89F3N26O7. The molecule has 0 aliphatic carbocycles. The first-order valence-corrected chi connectivity index (χ1v) is 41.4. The highest BCUT2D eigenvalue weighted by atomic mass is 19.4. The molecule has 10 aromatic heterocycles. The quantitative estimate of drug-likeness (QED) is 0.0621. The molecule has 1 N–H and O–H groups in total. The lowest BCUT2D eigenvalue weighted by atomic mass is 10.1. The topological polar surface area (TPSA) is 386 Å². The van der Waals surface area contributed by atoms with E-state index in [4.69, 9.17) is 32.7 Å². The molecule has 0 saturated carbocycles. The van der Waals surface area contributed by atoms with Gasteiger partial charge < -0.3 is 32.6 Å². The highest BCUT2D eigenvalue weighted by Crippen LogP contribution is 2.34. The molecule has 0 spiro atoms. The molecule has 0 amide bonds. The van der Waals surface area contributed by atoms with E-state index >= 15 is 0 Å². The third kappa shape index (κ3) is 28.8. The zero-order valence-electron chi connectivity index (χ0n) is 74.4. The van der Waals surface area contributed by atoms with Gasteiger partial charge in [0, 0.05) is 95.0 Å². The monoisotopic (exact) mass is 1800 g/mol. The van der Waals surface area contributed by atoms with Crippen molar-refractivity contribution in [2.24, 2.45) is 0 Å². The van der Waals surface area contributed by atoms with E-state index in [0.717, 1.165) is 102 Å². The van der Waals surface area contributed by atoms with Gasteiger partial charge in [-0.3, -0.25) is 4.98 Å². The number of hydrogen-bond donors (Lipinski definition) is 1. The predicted octanol–water partition coefficient (Wildman–Crippen LogP) is 20.0. The summed E-state index contributed by atoms with van der Waals surface area (Å²) in [6.45, 7) is 19.6. The molecule has 0 aliphatic rings. The lowest BCUT2D eigenvalue weighted by molar-refractivity contribution is -0.137. The number of nitriles is 1. The Kier molecular flexibility index (Phi) is 32.0. The Morgan fingerprint density at radius 2 is 0.694 bits per heavy atom. The van der Waals surface area contributed by atoms with Crippen LogP contribution in [-0.2, 0) is 6.18 Å². The minimum atomic E-state index is -4.42. The number of pyridine rings is 1. The Bertz CT molecular complexity index is 6880. The number of methoxy groups -OCH3 is 1. The zero-order chi connectivity index (χ0) is 94.3. The second-order valence-corrected chi connectivity index (χ2v) is 30.1. The average Bonchev–Trinajstić information content (AvgIpc) is 1.36. The highest BCUT2D eigenvalue weighted by molar-refractivity contribution is 5.68. The van der Waals surface area contributed by atoms with E-state index in [9.17, 15) is 18.3 Å². The van der Waals surface area contributed by atoms with E-state index in [1.54, 1.807) is 115 Å². The van der Waals surface area contributed by atoms with Crippen LogP contribution in [0.15, 0.2) is 265 Å². The van der Waals surface area contributed by atoms with E-state index in [-0.39, 0.29) is 29.7 Å². The van der Waals surface area contributed by atoms with Crippen molar-refractivity contribution in [1.29, 1.82) is 5.26 Å². The van der Waals surface area contributed by atoms with Gasteiger partial charge in [0.25, 0.3) is 0 Å². The number of benzene rings is 8. The van der Waals surface area contributed by atoms with Crippen molar-refractivity contribution in [2.75, 3.05) is 7.11 Å². The van der Waals surface area contributed by atoms with E-state index in [1.165, 1.54) is 51.8 Å². The Balaban J connectivity index is 0.000000136. The van der Waals surface area contributed by atoms with Crippen LogP contribution in [0.1, 0.15) is 107 Å². The zero-order valence-corrected chi connectivity index (χ0v) is 74.4. The highest BCUT2D eigenvalue weighted by Gasteiger charge is 2.31. The third-order valence-electron chi connectivity index (χ3n) is 18.2. The standard InChI is InChI=1S/C20H21N3O.C19H20N4O.C18H17N3O.C14H10F3N5O.C14H10N6O.C13H11N5O2/c1-15(2)24-19-12-16(3)11-18(13-19)20-21-14-23(22-20)10-9-17-7-5-4-6-8-17;1-14(2)24-18-11-15(3)10-16(12-18)19-21-13-23(22-19)9-7-17-6-4-5-8-20-17;1-14-10-16(12-17(11-14)22-2)18-19-13-21(20-18)9-8-15-6-4-3-5-7-15;1-9-4-10(6-11(5-9)14(15,16)17)13-18-7-22(21-13)3-2-12-20-19-8-23-12;1-10-4-11(7-15)6-12(5-10)14-16-8-20(19-14)3-2-13-18-17-9-21-13;1-9-4-10(6-11(19)5-9)13-14-7-18(17-13)3-2-12-16-15-8-20-12/h4-15H,1-3H3;4-14H,1-3H3;3-13H,1-2H3;2-8H,1H3;2-6,8-9H,1H3;2-8,19H,1H3/b10-9-;9-7-;9-8-;3*3-2-. The molecule has 18 rings (SSSR count). The maximum Gasteiger partial charge on any atom is 0.416 e. The summed E-state index contributed by atoms with van der Waals surface area (Å²) >= 11 is 0. The van der Waals surface area contributed by atoms with Crippen molar-refractivity contribution >= 4 is 73.7 Å². The molecule has 0 aliphatic heterocycles. The van der Waals surface area contributed by atoms with Crippen molar-refractivity contribution in [2.45, 2.75) is 87.6 Å². The number of halogens is 3. The fourth-order valence-corrected chi connectivity index (χ4v) is 12.5. The molecule has 674 valence electrons. The summed E-state index contributed by atoms with van der Waals surface area (Å²) in [6, 6.07) is 60.6. The van der Waals surface area contributed by atoms with E-state index in [1.807, 2.05) is 239 Å². The minimum Gasteiger partial charge on any atom is -0.508 e. The van der Waals surface area contributed by atoms with Crippen LogP contribution in [-0.4, -0.2) is 149 Å². The summed E-state index contributed by atoms with van der Waals surface area (Å²) in [4.78, 5) is 29.8. The summed E-state index contributed by atoms with van der Waals surface area (Å²) in [5.41, 5.74) is 13.4. The number of aryl methyl sites for hydroxylation is 6. The normalized spacial score (nSPS) is 11.3. The first-order chi connectivity index (χ1) is 64.8. The van der Waals surface area contributed by atoms with Crippen LogP contribution in [0, 0.1) is 52.9 Å². The minimum absolute atomic E-state index is 0.131. The number of aromatic hydroxyl groups is 1. The lowest BCUT2D eigenvalue weighted by Gasteiger charge is -2.11. The second kappa shape index (κ2) is 45.7. The summed E-state index contributed by atoms with van der Waals surface area (Å²) in [6.07, 6.45) is 32.0. The van der Waals surface area contributed by atoms with Crippen molar-refractivity contribution in [3.63, 3.8) is 0 Å². The first kappa shape index (κ1) is 93.7. The number of aromatic nitrogens is 25. The molecule has 134 heavy (non-hydrogen) atoms. The van der Waals surface area contributed by atoms with Crippen LogP contribution in [0.5, 0.6) is 23.0 Å². The maximum absolute atomic E-state index is 12.9. The fraction of sp³-hybridized carbons (Fsp3) is 0.143. The van der Waals surface area contributed by atoms with Crippen molar-refractivity contribution in [3.8, 4) is 97.4 Å². The molecule has 18 aromatic rings.